The first-order valence-electron chi connectivity index (χ1n) is 11.8. The Bertz CT molecular complexity index is 1300. The van der Waals surface area contributed by atoms with Gasteiger partial charge in [-0.25, -0.2) is 13.2 Å². The Labute approximate surface area is 205 Å². The number of aliphatic hydroxyl groups is 1. The number of aryl methyl sites for hydroxylation is 1. The standard InChI is InChI=1S/C27H29ClO5S/c1-16-12-22(19-8-6-17(7-9-19)15-34(2,31)32)23(28)13-21(16)24-25(29)27(33-26(24)30)11-10-18-4-3-5-20(18)14-27/h6-9,12-13,18,20,29H,3-5,10-11,14-15H2,1-2H3. The van der Waals surface area contributed by atoms with Crippen LogP contribution in [0.3, 0.4) is 0 Å². The molecule has 180 valence electrons. The molecule has 34 heavy (non-hydrogen) atoms. The average Bonchev–Trinajstić information content (AvgIpc) is 3.31. The topological polar surface area (TPSA) is 80.7 Å². The number of benzene rings is 2. The lowest BCUT2D eigenvalue weighted by Gasteiger charge is -2.38. The molecule has 2 aromatic carbocycles. The van der Waals surface area contributed by atoms with Crippen molar-refractivity contribution < 1.29 is 23.1 Å². The van der Waals surface area contributed by atoms with E-state index in [1.54, 1.807) is 18.2 Å². The van der Waals surface area contributed by atoms with Crippen molar-refractivity contribution in [1.29, 1.82) is 0 Å². The van der Waals surface area contributed by atoms with Gasteiger partial charge in [-0.1, -0.05) is 55.1 Å². The summed E-state index contributed by atoms with van der Waals surface area (Å²) in [7, 11) is -3.11. The summed E-state index contributed by atoms with van der Waals surface area (Å²) in [4.78, 5) is 13.0. The highest BCUT2D eigenvalue weighted by molar-refractivity contribution is 7.89. The molecule has 0 bridgehead atoms. The summed E-state index contributed by atoms with van der Waals surface area (Å²) in [5.74, 6) is 0.741. The minimum absolute atomic E-state index is 0.0160. The number of ether oxygens (including phenoxy) is 1. The zero-order valence-corrected chi connectivity index (χ0v) is 21.0. The molecule has 2 saturated carbocycles. The number of carbonyl (C=O) groups is 1. The summed E-state index contributed by atoms with van der Waals surface area (Å²) in [6.45, 7) is 1.89. The van der Waals surface area contributed by atoms with Gasteiger partial charge in [-0.05, 0) is 72.4 Å². The fourth-order valence-corrected chi connectivity index (χ4v) is 7.18. The van der Waals surface area contributed by atoms with Crippen LogP contribution < -0.4 is 0 Å². The lowest BCUT2D eigenvalue weighted by Crippen LogP contribution is -2.40. The third-order valence-corrected chi connectivity index (χ3v) is 8.94. The van der Waals surface area contributed by atoms with Gasteiger partial charge < -0.3 is 9.84 Å². The Kier molecular flexibility index (Phi) is 5.80. The van der Waals surface area contributed by atoms with Gasteiger partial charge in [-0.15, -0.1) is 0 Å². The Morgan fingerprint density at radius 3 is 2.50 bits per heavy atom. The molecule has 3 atom stereocenters. The van der Waals surface area contributed by atoms with E-state index in [-0.39, 0.29) is 17.1 Å². The fraction of sp³-hybridized carbons (Fsp3) is 0.444. The highest BCUT2D eigenvalue weighted by atomic mass is 35.5. The Balaban J connectivity index is 1.48. The summed E-state index contributed by atoms with van der Waals surface area (Å²) >= 11 is 6.65. The summed E-state index contributed by atoms with van der Waals surface area (Å²) in [6.07, 6.45) is 7.13. The average molecular weight is 501 g/mol. The molecule has 5 nitrogen and oxygen atoms in total. The van der Waals surface area contributed by atoms with Crippen molar-refractivity contribution in [2.45, 2.75) is 56.8 Å². The Morgan fingerprint density at radius 2 is 1.79 bits per heavy atom. The molecule has 7 heteroatoms. The van der Waals surface area contributed by atoms with Crippen molar-refractivity contribution in [3.8, 4) is 11.1 Å². The first-order chi connectivity index (χ1) is 16.1. The van der Waals surface area contributed by atoms with Crippen LogP contribution >= 0.6 is 11.6 Å². The molecule has 2 aromatic rings. The molecule has 3 unspecified atom stereocenters. The number of aliphatic hydroxyl groups excluding tert-OH is 1. The van der Waals surface area contributed by atoms with Gasteiger partial charge in [0.25, 0.3) is 0 Å². The second kappa shape index (κ2) is 8.42. The van der Waals surface area contributed by atoms with Crippen molar-refractivity contribution >= 4 is 33.0 Å². The monoisotopic (exact) mass is 500 g/mol. The third-order valence-electron chi connectivity index (χ3n) is 7.77. The van der Waals surface area contributed by atoms with Crippen molar-refractivity contribution in [1.82, 2.24) is 0 Å². The highest BCUT2D eigenvalue weighted by Gasteiger charge is 2.53. The van der Waals surface area contributed by atoms with E-state index < -0.39 is 21.4 Å². The van der Waals surface area contributed by atoms with Crippen LogP contribution in [0.2, 0.25) is 5.02 Å². The van der Waals surface area contributed by atoms with Crippen molar-refractivity contribution in [3.05, 3.63) is 63.9 Å². The zero-order chi connectivity index (χ0) is 24.3. The number of hydrogen-bond acceptors (Lipinski definition) is 5. The van der Waals surface area contributed by atoms with E-state index in [0.29, 0.717) is 40.8 Å². The molecule has 2 aliphatic carbocycles. The lowest BCUT2D eigenvalue weighted by molar-refractivity contribution is -0.152. The van der Waals surface area contributed by atoms with E-state index in [1.165, 1.54) is 19.1 Å². The second-order valence-electron chi connectivity index (χ2n) is 10.2. The second-order valence-corrected chi connectivity index (χ2v) is 12.8. The van der Waals surface area contributed by atoms with Gasteiger partial charge >= 0.3 is 5.97 Å². The molecule has 0 radical (unpaired) electrons. The van der Waals surface area contributed by atoms with E-state index in [9.17, 15) is 18.3 Å². The molecular weight excluding hydrogens is 472 g/mol. The van der Waals surface area contributed by atoms with Crippen LogP contribution in [0.5, 0.6) is 0 Å². The van der Waals surface area contributed by atoms with Crippen LogP contribution in [-0.2, 0) is 25.1 Å². The molecule has 0 amide bonds. The Morgan fingerprint density at radius 1 is 1.09 bits per heavy atom. The molecule has 1 spiro atoms. The number of carbonyl (C=O) groups excluding carboxylic acids is 1. The minimum atomic E-state index is -3.11. The molecule has 5 rings (SSSR count). The maximum Gasteiger partial charge on any atom is 0.343 e. The number of sulfone groups is 1. The van der Waals surface area contributed by atoms with Gasteiger partial charge in [0.05, 0.1) is 5.75 Å². The van der Waals surface area contributed by atoms with Crippen LogP contribution in [0.4, 0.5) is 0 Å². The van der Waals surface area contributed by atoms with E-state index in [0.717, 1.165) is 29.5 Å². The van der Waals surface area contributed by atoms with E-state index >= 15 is 0 Å². The molecule has 3 aliphatic rings. The highest BCUT2D eigenvalue weighted by Crippen LogP contribution is 2.53. The molecule has 0 saturated heterocycles. The lowest BCUT2D eigenvalue weighted by atomic mass is 9.72. The van der Waals surface area contributed by atoms with Crippen molar-refractivity contribution in [2.24, 2.45) is 11.8 Å². The van der Waals surface area contributed by atoms with E-state index in [4.69, 9.17) is 16.3 Å². The molecule has 0 aromatic heterocycles. The summed E-state index contributed by atoms with van der Waals surface area (Å²) in [5, 5.41) is 11.7. The van der Waals surface area contributed by atoms with Crippen LogP contribution in [0.25, 0.3) is 16.7 Å². The predicted molar refractivity (Wildman–Crippen MR) is 133 cm³/mol. The van der Waals surface area contributed by atoms with Crippen LogP contribution in [0, 0.1) is 18.8 Å². The van der Waals surface area contributed by atoms with Crippen LogP contribution in [-0.4, -0.2) is 31.4 Å². The summed E-state index contributed by atoms with van der Waals surface area (Å²) in [5.41, 5.74) is 3.07. The predicted octanol–water partition coefficient (Wildman–Crippen LogP) is 6.02. The normalized spacial score (nSPS) is 26.7. The molecule has 2 fully saturated rings. The van der Waals surface area contributed by atoms with E-state index in [2.05, 4.69) is 0 Å². The van der Waals surface area contributed by atoms with Crippen LogP contribution in [0.1, 0.15) is 55.2 Å². The first-order valence-corrected chi connectivity index (χ1v) is 14.2. The maximum atomic E-state index is 13.0. The quantitative estimate of drug-likeness (QED) is 0.519. The molecule has 1 N–H and O–H groups in total. The molecular formula is C27H29ClO5S. The largest absolute Gasteiger partial charge is 0.507 e. The van der Waals surface area contributed by atoms with Crippen molar-refractivity contribution in [3.63, 3.8) is 0 Å². The van der Waals surface area contributed by atoms with E-state index in [1.807, 2.05) is 25.1 Å². The number of esters is 1. The number of fused-ring (bicyclic) bond motifs is 1. The van der Waals surface area contributed by atoms with Crippen LogP contribution in [0.15, 0.2) is 42.2 Å². The van der Waals surface area contributed by atoms with Gasteiger partial charge in [-0.3, -0.25) is 0 Å². The van der Waals surface area contributed by atoms with Gasteiger partial charge in [0.1, 0.15) is 5.57 Å². The molecule has 1 aliphatic heterocycles. The molecule has 1 heterocycles. The first kappa shape index (κ1) is 23.4. The fourth-order valence-electron chi connectivity index (χ4n) is 6.11. The van der Waals surface area contributed by atoms with Crippen molar-refractivity contribution in [2.75, 3.05) is 6.26 Å². The zero-order valence-electron chi connectivity index (χ0n) is 19.4. The summed E-state index contributed by atoms with van der Waals surface area (Å²) < 4.78 is 29.0. The maximum absolute atomic E-state index is 13.0. The minimum Gasteiger partial charge on any atom is -0.507 e. The number of hydrogen-bond donors (Lipinski definition) is 1. The smallest absolute Gasteiger partial charge is 0.343 e. The number of halogens is 1. The van der Waals surface area contributed by atoms with Gasteiger partial charge in [0.15, 0.2) is 21.2 Å². The van der Waals surface area contributed by atoms with Gasteiger partial charge in [-0.2, -0.15) is 0 Å². The summed E-state index contributed by atoms with van der Waals surface area (Å²) in [6, 6.07) is 10.9. The Hall–Kier alpha value is -2.31. The number of rotatable bonds is 4. The van der Waals surface area contributed by atoms with Gasteiger partial charge in [0, 0.05) is 16.8 Å². The SMILES string of the molecule is Cc1cc(-c2ccc(CS(C)(=O)=O)cc2)c(Cl)cc1C1=C(O)C2(CCC3CCCC3C2)OC1=O. The van der Waals surface area contributed by atoms with Gasteiger partial charge in [0.2, 0.25) is 0 Å². The third kappa shape index (κ3) is 4.16.